The van der Waals surface area contributed by atoms with Gasteiger partial charge in [0.1, 0.15) is 11.5 Å². The van der Waals surface area contributed by atoms with Crippen LogP contribution in [-0.4, -0.2) is 27.7 Å². The van der Waals surface area contributed by atoms with Gasteiger partial charge in [0, 0.05) is 12.0 Å². The minimum absolute atomic E-state index is 0.0578. The number of benzene rings is 1. The first-order chi connectivity index (χ1) is 11.4. The fourth-order valence-electron chi connectivity index (χ4n) is 3.56. The number of aromatic hydroxyl groups is 2. The molecule has 0 aromatic heterocycles. The summed E-state index contributed by atoms with van der Waals surface area (Å²) in [5, 5.41) is 30.6. The highest BCUT2D eigenvalue weighted by Gasteiger charge is 2.20. The second kappa shape index (κ2) is 8.34. The van der Waals surface area contributed by atoms with E-state index in [0.717, 1.165) is 12.8 Å². The van der Waals surface area contributed by atoms with Gasteiger partial charge in [-0.25, -0.2) is 0 Å². The molecule has 0 bridgehead atoms. The third kappa shape index (κ3) is 4.38. The lowest BCUT2D eigenvalue weighted by molar-refractivity contribution is 0.112. The molecule has 0 aliphatic heterocycles. The highest BCUT2D eigenvalue weighted by Crippen LogP contribution is 2.35. The fraction of sp³-hybridized carbons (Fsp3) is 0.550. The maximum atomic E-state index is 11.1. The molecular formula is C20H28O4. The van der Waals surface area contributed by atoms with Gasteiger partial charge in [0.25, 0.3) is 0 Å². The Morgan fingerprint density at radius 3 is 2.62 bits per heavy atom. The minimum atomic E-state index is -0.840. The van der Waals surface area contributed by atoms with Gasteiger partial charge in [-0.2, -0.15) is 0 Å². The summed E-state index contributed by atoms with van der Waals surface area (Å²) >= 11 is 0. The molecule has 1 atom stereocenters. The van der Waals surface area contributed by atoms with Crippen LogP contribution in [-0.2, 0) is 6.42 Å². The average Bonchev–Trinajstić information content (AvgIpc) is 2.57. The maximum absolute atomic E-state index is 11.1. The van der Waals surface area contributed by atoms with Gasteiger partial charge in [0.15, 0.2) is 6.29 Å². The third-order valence-corrected chi connectivity index (χ3v) is 5.21. The molecule has 0 radical (unpaired) electrons. The van der Waals surface area contributed by atoms with E-state index in [4.69, 9.17) is 0 Å². The average molecular weight is 332 g/mol. The van der Waals surface area contributed by atoms with Gasteiger partial charge in [-0.05, 0) is 42.9 Å². The first-order valence-electron chi connectivity index (χ1n) is 8.79. The third-order valence-electron chi connectivity index (χ3n) is 5.21. The summed E-state index contributed by atoms with van der Waals surface area (Å²) in [6.07, 6.45) is 7.98. The van der Waals surface area contributed by atoms with Crippen molar-refractivity contribution in [2.75, 3.05) is 0 Å². The van der Waals surface area contributed by atoms with Gasteiger partial charge in [-0.3, -0.25) is 4.79 Å². The second-order valence-electron chi connectivity index (χ2n) is 6.99. The number of aryl methyl sites for hydroxylation is 1. The molecule has 4 nitrogen and oxygen atoms in total. The number of carbonyl (C=O) groups excluding carboxylic acids is 1. The number of phenols is 2. The molecule has 1 unspecified atom stereocenters. The highest BCUT2D eigenvalue weighted by molar-refractivity contribution is 5.83. The Morgan fingerprint density at radius 1 is 1.33 bits per heavy atom. The van der Waals surface area contributed by atoms with E-state index in [1.807, 2.05) is 0 Å². The lowest BCUT2D eigenvalue weighted by Gasteiger charge is -2.23. The van der Waals surface area contributed by atoms with Crippen LogP contribution in [0.4, 0.5) is 0 Å². The van der Waals surface area contributed by atoms with Crippen molar-refractivity contribution < 1.29 is 20.1 Å². The van der Waals surface area contributed by atoms with Crippen molar-refractivity contribution in [1.29, 1.82) is 0 Å². The molecule has 1 aromatic carbocycles. The summed E-state index contributed by atoms with van der Waals surface area (Å²) in [5.41, 5.74) is 1.58. The molecule has 4 heteroatoms. The number of phenolic OH excluding ortho intramolecular Hbond substituents is 2. The van der Waals surface area contributed by atoms with Crippen LogP contribution < -0.4 is 0 Å². The van der Waals surface area contributed by atoms with Crippen LogP contribution in [0.25, 0.3) is 0 Å². The summed E-state index contributed by atoms with van der Waals surface area (Å²) < 4.78 is 0. The van der Waals surface area contributed by atoms with E-state index in [1.54, 1.807) is 6.92 Å². The van der Waals surface area contributed by atoms with E-state index in [9.17, 15) is 20.1 Å². The minimum Gasteiger partial charge on any atom is -0.508 e. The Morgan fingerprint density at radius 2 is 2.00 bits per heavy atom. The van der Waals surface area contributed by atoms with E-state index in [0.29, 0.717) is 23.3 Å². The van der Waals surface area contributed by atoms with Crippen LogP contribution in [0.15, 0.2) is 18.2 Å². The quantitative estimate of drug-likeness (QED) is 0.520. The molecular weight excluding hydrogens is 304 g/mol. The molecule has 1 fully saturated rings. The van der Waals surface area contributed by atoms with E-state index in [2.05, 4.69) is 6.58 Å². The van der Waals surface area contributed by atoms with Crippen molar-refractivity contribution in [2.24, 2.45) is 5.92 Å². The van der Waals surface area contributed by atoms with Crippen LogP contribution in [0, 0.1) is 12.8 Å². The predicted molar refractivity (Wildman–Crippen MR) is 94.6 cm³/mol. The number of rotatable bonds is 7. The van der Waals surface area contributed by atoms with Crippen molar-refractivity contribution in [2.45, 2.75) is 64.4 Å². The van der Waals surface area contributed by atoms with Crippen molar-refractivity contribution >= 4 is 6.29 Å². The number of hydrogen-bond acceptors (Lipinski definition) is 4. The molecule has 24 heavy (non-hydrogen) atoms. The zero-order valence-corrected chi connectivity index (χ0v) is 14.4. The van der Waals surface area contributed by atoms with Crippen LogP contribution in [0.3, 0.4) is 0 Å². The van der Waals surface area contributed by atoms with Crippen LogP contribution in [0.1, 0.15) is 66.4 Å². The Labute approximate surface area is 143 Å². The van der Waals surface area contributed by atoms with Crippen molar-refractivity contribution in [3.05, 3.63) is 34.9 Å². The fourth-order valence-corrected chi connectivity index (χ4v) is 3.56. The second-order valence-corrected chi connectivity index (χ2v) is 6.99. The normalized spacial score (nSPS) is 16.8. The summed E-state index contributed by atoms with van der Waals surface area (Å²) in [4.78, 5) is 11.1. The van der Waals surface area contributed by atoms with Gasteiger partial charge in [0.2, 0.25) is 0 Å². The van der Waals surface area contributed by atoms with E-state index < -0.39 is 6.10 Å². The van der Waals surface area contributed by atoms with Crippen LogP contribution in [0.5, 0.6) is 11.5 Å². The van der Waals surface area contributed by atoms with Crippen molar-refractivity contribution in [1.82, 2.24) is 0 Å². The van der Waals surface area contributed by atoms with E-state index in [-0.39, 0.29) is 29.0 Å². The summed E-state index contributed by atoms with van der Waals surface area (Å²) in [6.45, 7) is 5.62. The van der Waals surface area contributed by atoms with Gasteiger partial charge < -0.3 is 15.3 Å². The van der Waals surface area contributed by atoms with Crippen LogP contribution in [0.2, 0.25) is 0 Å². The zero-order valence-electron chi connectivity index (χ0n) is 14.4. The number of hydrogen-bond donors (Lipinski definition) is 3. The SMILES string of the molecule is C=C(CCC1CCCCC1)C(O)Cc1c(O)cc(C)c(C=O)c1O. The molecule has 1 aromatic rings. The molecule has 3 N–H and O–H groups in total. The smallest absolute Gasteiger partial charge is 0.154 e. The van der Waals surface area contributed by atoms with Crippen molar-refractivity contribution in [3.8, 4) is 11.5 Å². The molecule has 1 aliphatic carbocycles. The Kier molecular flexibility index (Phi) is 6.44. The van der Waals surface area contributed by atoms with Gasteiger partial charge in [0.05, 0.1) is 11.7 Å². The monoisotopic (exact) mass is 332 g/mol. The Bertz CT molecular complexity index is 600. The molecule has 0 spiro atoms. The number of carbonyl (C=O) groups is 1. The Hall–Kier alpha value is -1.81. The standard InChI is InChI=1S/C20H28O4/c1-13(8-9-15-6-4-3-5-7-15)18(22)11-16-19(23)10-14(2)17(12-21)20(16)24/h10,12,15,18,22-24H,1,3-9,11H2,2H3. The molecule has 0 amide bonds. The topological polar surface area (TPSA) is 77.8 Å². The van der Waals surface area contributed by atoms with Gasteiger partial charge >= 0.3 is 0 Å². The number of aldehydes is 1. The van der Waals surface area contributed by atoms with Gasteiger partial charge in [-0.15, -0.1) is 0 Å². The summed E-state index contributed by atoms with van der Waals surface area (Å²) in [6, 6.07) is 1.44. The lowest BCUT2D eigenvalue weighted by Crippen LogP contribution is -2.15. The van der Waals surface area contributed by atoms with E-state index >= 15 is 0 Å². The summed E-state index contributed by atoms with van der Waals surface area (Å²) in [5.74, 6) is 0.363. The molecule has 1 saturated carbocycles. The Balaban J connectivity index is 1.99. The largest absolute Gasteiger partial charge is 0.508 e. The highest BCUT2D eigenvalue weighted by atomic mass is 16.3. The predicted octanol–water partition coefficient (Wildman–Crippen LogP) is 4.04. The molecule has 2 rings (SSSR count). The first kappa shape index (κ1) is 18.5. The molecule has 0 heterocycles. The first-order valence-corrected chi connectivity index (χ1v) is 8.79. The lowest BCUT2D eigenvalue weighted by atomic mass is 9.84. The maximum Gasteiger partial charge on any atom is 0.154 e. The number of aliphatic hydroxyl groups excluding tert-OH is 1. The van der Waals surface area contributed by atoms with E-state index in [1.165, 1.54) is 38.2 Å². The molecule has 132 valence electrons. The van der Waals surface area contributed by atoms with Crippen molar-refractivity contribution in [3.63, 3.8) is 0 Å². The molecule has 1 aliphatic rings. The summed E-state index contributed by atoms with van der Waals surface area (Å²) in [7, 11) is 0. The van der Waals surface area contributed by atoms with Crippen LogP contribution >= 0.6 is 0 Å². The molecule has 0 saturated heterocycles. The zero-order chi connectivity index (χ0) is 17.7. The van der Waals surface area contributed by atoms with Gasteiger partial charge in [-0.1, -0.05) is 38.7 Å². The number of aliphatic hydroxyl groups is 1.